The summed E-state index contributed by atoms with van der Waals surface area (Å²) in [6.45, 7) is 5.00. The van der Waals surface area contributed by atoms with Crippen LogP contribution in [0.2, 0.25) is 0 Å². The number of nitrogens with one attached hydrogen (secondary N) is 2. The number of rotatable bonds is 7. The number of amides is 2. The average molecular weight is 524 g/mol. The average Bonchev–Trinajstić information content (AvgIpc) is 3.46. The lowest BCUT2D eigenvalue weighted by molar-refractivity contribution is -0.111. The Labute approximate surface area is 213 Å². The molecule has 186 valence electrons. The summed E-state index contributed by atoms with van der Waals surface area (Å²) in [6.07, 6.45) is 3.14. The number of fused-ring (bicyclic) bond motifs is 2. The smallest absolute Gasteiger partial charge is 0.251 e. The number of anilines is 1. The highest BCUT2D eigenvalue weighted by molar-refractivity contribution is 7.89. The van der Waals surface area contributed by atoms with Crippen LogP contribution in [0.5, 0.6) is 5.75 Å². The van der Waals surface area contributed by atoms with Crippen molar-refractivity contribution in [3.05, 3.63) is 88.3 Å². The standard InChI is InChI=1S/C26H25N3O5S2/c1-2-24(30)28-25-13-20-15-29(16-23(20)35-25)36(32,33)21-8-6-18(7-9-21)26(31)27-14-17-5-10-22-19(12-17)4-3-11-34-22/h2,5-10,12-13H,1,3-4,11,14-16H2,(H,27,31)(H,28,30). The minimum absolute atomic E-state index is 0.129. The summed E-state index contributed by atoms with van der Waals surface area (Å²) in [4.78, 5) is 25.2. The first kappa shape index (κ1) is 24.2. The highest BCUT2D eigenvalue weighted by Crippen LogP contribution is 2.37. The van der Waals surface area contributed by atoms with Crippen LogP contribution in [0.15, 0.2) is 66.1 Å². The summed E-state index contributed by atoms with van der Waals surface area (Å²) in [5.74, 6) is 0.326. The van der Waals surface area contributed by atoms with E-state index in [-0.39, 0.29) is 29.8 Å². The molecule has 2 N–H and O–H groups in total. The van der Waals surface area contributed by atoms with Crippen molar-refractivity contribution in [2.24, 2.45) is 0 Å². The molecule has 3 aromatic rings. The SMILES string of the molecule is C=CC(=O)Nc1cc2c(s1)CN(S(=O)(=O)c1ccc(C(=O)NCc3ccc4c(c3)CCCO4)cc1)C2. The number of sulfonamides is 1. The summed E-state index contributed by atoms with van der Waals surface area (Å²) in [6, 6.07) is 13.7. The second-order valence-electron chi connectivity index (χ2n) is 8.63. The monoisotopic (exact) mass is 523 g/mol. The Morgan fingerprint density at radius 2 is 1.89 bits per heavy atom. The summed E-state index contributed by atoms with van der Waals surface area (Å²) < 4.78 is 33.3. The van der Waals surface area contributed by atoms with Gasteiger partial charge in [0, 0.05) is 30.1 Å². The minimum atomic E-state index is -3.73. The lowest BCUT2D eigenvalue weighted by Gasteiger charge is -2.18. The molecule has 36 heavy (non-hydrogen) atoms. The lowest BCUT2D eigenvalue weighted by atomic mass is 10.0. The van der Waals surface area contributed by atoms with Gasteiger partial charge >= 0.3 is 0 Å². The quantitative estimate of drug-likeness (QED) is 0.458. The second-order valence-corrected chi connectivity index (χ2v) is 11.7. The molecule has 3 heterocycles. The fraction of sp³-hybridized carbons (Fsp3) is 0.231. The number of aryl methyl sites for hydroxylation is 1. The normalized spacial score (nSPS) is 14.9. The topological polar surface area (TPSA) is 105 Å². The van der Waals surface area contributed by atoms with Crippen LogP contribution >= 0.6 is 11.3 Å². The molecule has 0 radical (unpaired) electrons. The highest BCUT2D eigenvalue weighted by atomic mass is 32.2. The van der Waals surface area contributed by atoms with E-state index in [0.717, 1.165) is 46.8 Å². The first-order chi connectivity index (χ1) is 17.3. The van der Waals surface area contributed by atoms with E-state index in [4.69, 9.17) is 4.74 Å². The van der Waals surface area contributed by atoms with Crippen LogP contribution in [-0.4, -0.2) is 31.1 Å². The van der Waals surface area contributed by atoms with Crippen molar-refractivity contribution < 1.29 is 22.7 Å². The fourth-order valence-corrected chi connectivity index (χ4v) is 6.84. The van der Waals surface area contributed by atoms with E-state index in [2.05, 4.69) is 23.3 Å². The van der Waals surface area contributed by atoms with E-state index in [1.54, 1.807) is 6.07 Å². The molecule has 0 bridgehead atoms. The third-order valence-corrected chi connectivity index (χ3v) is 9.06. The first-order valence-corrected chi connectivity index (χ1v) is 13.8. The van der Waals surface area contributed by atoms with Gasteiger partial charge < -0.3 is 15.4 Å². The molecule has 2 aliphatic rings. The Hall–Kier alpha value is -3.47. The summed E-state index contributed by atoms with van der Waals surface area (Å²) in [7, 11) is -3.73. The molecule has 2 amide bonds. The molecule has 2 aromatic carbocycles. The molecule has 8 nitrogen and oxygen atoms in total. The maximum atomic E-state index is 13.2. The van der Waals surface area contributed by atoms with Gasteiger partial charge in [0.2, 0.25) is 15.9 Å². The molecule has 0 atom stereocenters. The molecule has 1 aromatic heterocycles. The number of hydrogen-bond donors (Lipinski definition) is 2. The van der Waals surface area contributed by atoms with Crippen LogP contribution < -0.4 is 15.4 Å². The Kier molecular flexibility index (Phi) is 6.65. The van der Waals surface area contributed by atoms with Crippen LogP contribution in [-0.2, 0) is 40.9 Å². The lowest BCUT2D eigenvalue weighted by Crippen LogP contribution is -2.26. The number of hydrogen-bond acceptors (Lipinski definition) is 6. The van der Waals surface area contributed by atoms with E-state index in [1.807, 2.05) is 12.1 Å². The van der Waals surface area contributed by atoms with Gasteiger partial charge in [-0.1, -0.05) is 18.7 Å². The largest absolute Gasteiger partial charge is 0.493 e. The fourth-order valence-electron chi connectivity index (χ4n) is 4.28. The van der Waals surface area contributed by atoms with Crippen molar-refractivity contribution in [2.45, 2.75) is 37.4 Å². The van der Waals surface area contributed by atoms with Gasteiger partial charge in [-0.2, -0.15) is 4.31 Å². The van der Waals surface area contributed by atoms with Crippen LogP contribution in [0.25, 0.3) is 0 Å². The Morgan fingerprint density at radius 3 is 2.64 bits per heavy atom. The maximum Gasteiger partial charge on any atom is 0.251 e. The molecule has 10 heteroatoms. The van der Waals surface area contributed by atoms with Crippen molar-refractivity contribution in [3.8, 4) is 5.75 Å². The van der Waals surface area contributed by atoms with Crippen molar-refractivity contribution in [2.75, 3.05) is 11.9 Å². The van der Waals surface area contributed by atoms with Crippen molar-refractivity contribution >= 4 is 38.2 Å². The zero-order valence-corrected chi connectivity index (χ0v) is 21.1. The summed E-state index contributed by atoms with van der Waals surface area (Å²) in [5.41, 5.74) is 3.39. The first-order valence-electron chi connectivity index (χ1n) is 11.5. The molecule has 5 rings (SSSR count). The van der Waals surface area contributed by atoms with Gasteiger partial charge in [-0.25, -0.2) is 8.42 Å². The van der Waals surface area contributed by atoms with Gasteiger partial charge in [0.25, 0.3) is 5.91 Å². The Bertz CT molecular complexity index is 1420. The number of nitrogens with zero attached hydrogens (tertiary/aromatic N) is 1. The molecule has 0 unspecified atom stereocenters. The second kappa shape index (κ2) is 9.88. The Morgan fingerprint density at radius 1 is 1.08 bits per heavy atom. The van der Waals surface area contributed by atoms with Crippen molar-refractivity contribution in [1.82, 2.24) is 9.62 Å². The van der Waals surface area contributed by atoms with Gasteiger partial charge in [0.15, 0.2) is 0 Å². The number of carbonyl (C=O) groups is 2. The van der Waals surface area contributed by atoms with Crippen LogP contribution in [0.3, 0.4) is 0 Å². The summed E-state index contributed by atoms with van der Waals surface area (Å²) >= 11 is 1.35. The third kappa shape index (κ3) is 4.92. The van der Waals surface area contributed by atoms with Gasteiger partial charge in [-0.05, 0) is 72.0 Å². The van der Waals surface area contributed by atoms with Gasteiger partial charge in [0.1, 0.15) is 5.75 Å². The predicted octanol–water partition coefficient (Wildman–Crippen LogP) is 3.83. The number of benzene rings is 2. The molecule has 0 saturated carbocycles. The summed E-state index contributed by atoms with van der Waals surface area (Å²) in [5, 5.41) is 6.27. The molecule has 0 saturated heterocycles. The van der Waals surface area contributed by atoms with Gasteiger partial charge in [-0.3, -0.25) is 9.59 Å². The number of carbonyl (C=O) groups excluding carboxylic acids is 2. The van der Waals surface area contributed by atoms with Gasteiger partial charge in [-0.15, -0.1) is 11.3 Å². The van der Waals surface area contributed by atoms with Crippen LogP contribution in [0.1, 0.15) is 38.3 Å². The highest BCUT2D eigenvalue weighted by Gasteiger charge is 2.32. The van der Waals surface area contributed by atoms with Crippen molar-refractivity contribution in [1.29, 1.82) is 0 Å². The number of ether oxygens (including phenoxy) is 1. The molecule has 0 spiro atoms. The van der Waals surface area contributed by atoms with E-state index < -0.39 is 10.0 Å². The predicted molar refractivity (Wildman–Crippen MR) is 137 cm³/mol. The zero-order chi connectivity index (χ0) is 25.3. The van der Waals surface area contributed by atoms with E-state index in [1.165, 1.54) is 46.0 Å². The zero-order valence-electron chi connectivity index (χ0n) is 19.5. The molecule has 2 aliphatic heterocycles. The third-order valence-electron chi connectivity index (χ3n) is 6.18. The van der Waals surface area contributed by atoms with E-state index in [9.17, 15) is 18.0 Å². The van der Waals surface area contributed by atoms with E-state index >= 15 is 0 Å². The Balaban J connectivity index is 1.20. The maximum absolute atomic E-state index is 13.2. The molecule has 0 aliphatic carbocycles. The van der Waals surface area contributed by atoms with E-state index in [0.29, 0.717) is 17.1 Å². The van der Waals surface area contributed by atoms with Crippen LogP contribution in [0, 0.1) is 0 Å². The molecular formula is C26H25N3O5S2. The molecule has 0 fully saturated rings. The minimum Gasteiger partial charge on any atom is -0.493 e. The van der Waals surface area contributed by atoms with Crippen molar-refractivity contribution in [3.63, 3.8) is 0 Å². The van der Waals surface area contributed by atoms with Gasteiger partial charge in [0.05, 0.1) is 16.5 Å². The number of thiophene rings is 1. The van der Waals surface area contributed by atoms with Crippen LogP contribution in [0.4, 0.5) is 5.00 Å². The molecular weight excluding hydrogens is 498 g/mol.